The van der Waals surface area contributed by atoms with E-state index in [1.54, 1.807) is 29.3 Å². The van der Waals surface area contributed by atoms with Gasteiger partial charge in [0.15, 0.2) is 5.76 Å². The van der Waals surface area contributed by atoms with Crippen LogP contribution in [0.15, 0.2) is 47.7 Å². The molecule has 0 bridgehead atoms. The minimum atomic E-state index is -0.0642. The van der Waals surface area contributed by atoms with Gasteiger partial charge < -0.3 is 19.5 Å². The van der Waals surface area contributed by atoms with Crippen LogP contribution in [0.1, 0.15) is 10.6 Å². The Morgan fingerprint density at radius 1 is 1.35 bits per heavy atom. The molecule has 2 aromatic rings. The van der Waals surface area contributed by atoms with Crippen LogP contribution in [0.25, 0.3) is 0 Å². The Hall–Kier alpha value is -2.83. The van der Waals surface area contributed by atoms with Crippen molar-refractivity contribution in [2.75, 3.05) is 42.9 Å². The first-order valence-electron chi connectivity index (χ1n) is 7.53. The zero-order valence-corrected chi connectivity index (χ0v) is 12.8. The van der Waals surface area contributed by atoms with Crippen LogP contribution in [-0.4, -0.2) is 53.5 Å². The van der Waals surface area contributed by atoms with Gasteiger partial charge in [0.1, 0.15) is 5.82 Å². The molecule has 3 rings (SSSR count). The third-order valence-corrected chi connectivity index (χ3v) is 3.67. The number of hydrogen-bond acceptors (Lipinski definition) is 6. The SMILES string of the molecule is C=CCNc1nccc(N2CCN(C(=O)c3ccco3)CC2)n1. The smallest absolute Gasteiger partial charge is 0.289 e. The van der Waals surface area contributed by atoms with Gasteiger partial charge in [-0.2, -0.15) is 4.98 Å². The standard InChI is InChI=1S/C16H19N5O2/c1-2-6-17-16-18-7-5-14(19-16)20-8-10-21(11-9-20)15(22)13-4-3-12-23-13/h2-5,7,12H,1,6,8-11H2,(H,17,18,19). The lowest BCUT2D eigenvalue weighted by Gasteiger charge is -2.35. The van der Waals surface area contributed by atoms with E-state index in [0.717, 1.165) is 18.9 Å². The van der Waals surface area contributed by atoms with E-state index >= 15 is 0 Å². The highest BCUT2D eigenvalue weighted by molar-refractivity contribution is 5.91. The molecule has 0 atom stereocenters. The van der Waals surface area contributed by atoms with Gasteiger partial charge in [-0.15, -0.1) is 6.58 Å². The maximum Gasteiger partial charge on any atom is 0.289 e. The molecule has 2 aromatic heterocycles. The molecule has 0 aliphatic carbocycles. The van der Waals surface area contributed by atoms with Crippen LogP contribution in [0.3, 0.4) is 0 Å². The van der Waals surface area contributed by atoms with Gasteiger partial charge in [0.25, 0.3) is 5.91 Å². The van der Waals surface area contributed by atoms with Crippen LogP contribution in [0.5, 0.6) is 0 Å². The van der Waals surface area contributed by atoms with Crippen molar-refractivity contribution >= 4 is 17.7 Å². The fraction of sp³-hybridized carbons (Fsp3) is 0.312. The summed E-state index contributed by atoms with van der Waals surface area (Å²) in [6.45, 7) is 7.01. The van der Waals surface area contributed by atoms with Crippen molar-refractivity contribution in [2.24, 2.45) is 0 Å². The van der Waals surface area contributed by atoms with Gasteiger partial charge in [-0.3, -0.25) is 4.79 Å². The quantitative estimate of drug-likeness (QED) is 0.846. The van der Waals surface area contributed by atoms with Crippen molar-refractivity contribution in [1.29, 1.82) is 0 Å². The second-order valence-corrected chi connectivity index (χ2v) is 5.16. The number of nitrogens with zero attached hydrogens (tertiary/aromatic N) is 4. The largest absolute Gasteiger partial charge is 0.459 e. The molecule has 0 aromatic carbocycles. The summed E-state index contributed by atoms with van der Waals surface area (Å²) in [6.07, 6.45) is 5.01. The lowest BCUT2D eigenvalue weighted by Crippen LogP contribution is -2.49. The summed E-state index contributed by atoms with van der Waals surface area (Å²) >= 11 is 0. The molecule has 1 aliphatic heterocycles. The average molecular weight is 313 g/mol. The summed E-state index contributed by atoms with van der Waals surface area (Å²) in [7, 11) is 0. The van der Waals surface area contributed by atoms with Crippen molar-refractivity contribution in [3.05, 3.63) is 49.1 Å². The fourth-order valence-corrected chi connectivity index (χ4v) is 2.47. The molecule has 1 fully saturated rings. The van der Waals surface area contributed by atoms with Gasteiger partial charge in [-0.25, -0.2) is 4.98 Å². The van der Waals surface area contributed by atoms with Gasteiger partial charge >= 0.3 is 0 Å². The Kier molecular flexibility index (Phi) is 4.56. The first-order chi connectivity index (χ1) is 11.3. The van der Waals surface area contributed by atoms with Crippen molar-refractivity contribution in [2.45, 2.75) is 0 Å². The Bertz CT molecular complexity index is 663. The minimum absolute atomic E-state index is 0.0642. The van der Waals surface area contributed by atoms with Gasteiger partial charge in [-0.05, 0) is 18.2 Å². The Morgan fingerprint density at radius 3 is 2.87 bits per heavy atom. The third kappa shape index (κ3) is 3.50. The van der Waals surface area contributed by atoms with Crippen LogP contribution in [-0.2, 0) is 0 Å². The number of carbonyl (C=O) groups excluding carboxylic acids is 1. The molecule has 1 aliphatic rings. The number of nitrogens with one attached hydrogen (secondary N) is 1. The molecule has 3 heterocycles. The molecule has 1 saturated heterocycles. The maximum absolute atomic E-state index is 12.2. The highest BCUT2D eigenvalue weighted by Crippen LogP contribution is 2.16. The van der Waals surface area contributed by atoms with Crippen molar-refractivity contribution in [3.63, 3.8) is 0 Å². The molecule has 7 heteroatoms. The molecule has 1 amide bonds. The van der Waals surface area contributed by atoms with Crippen molar-refractivity contribution < 1.29 is 9.21 Å². The van der Waals surface area contributed by atoms with Crippen molar-refractivity contribution in [3.8, 4) is 0 Å². The van der Waals surface area contributed by atoms with Gasteiger partial charge in [-0.1, -0.05) is 6.08 Å². The molecule has 0 spiro atoms. The summed E-state index contributed by atoms with van der Waals surface area (Å²) in [5.41, 5.74) is 0. The number of furan rings is 1. The van der Waals surface area contributed by atoms with Crippen LogP contribution in [0.4, 0.5) is 11.8 Å². The zero-order chi connectivity index (χ0) is 16.1. The van der Waals surface area contributed by atoms with Gasteiger partial charge in [0.2, 0.25) is 5.95 Å². The Labute approximate surface area is 134 Å². The molecule has 120 valence electrons. The summed E-state index contributed by atoms with van der Waals surface area (Å²) in [5, 5.41) is 3.08. The summed E-state index contributed by atoms with van der Waals surface area (Å²) < 4.78 is 5.17. The summed E-state index contributed by atoms with van der Waals surface area (Å²) in [5.74, 6) is 1.76. The number of anilines is 2. The monoisotopic (exact) mass is 313 g/mol. The first kappa shape index (κ1) is 15.1. The van der Waals surface area contributed by atoms with Crippen molar-refractivity contribution in [1.82, 2.24) is 14.9 Å². The molecular weight excluding hydrogens is 294 g/mol. The molecule has 0 radical (unpaired) electrons. The summed E-state index contributed by atoms with van der Waals surface area (Å²) in [6, 6.07) is 5.29. The number of aromatic nitrogens is 2. The van der Waals surface area contributed by atoms with E-state index in [4.69, 9.17) is 4.42 Å². The molecule has 0 saturated carbocycles. The van der Waals surface area contributed by atoms with Crippen LogP contribution >= 0.6 is 0 Å². The number of amides is 1. The highest BCUT2D eigenvalue weighted by Gasteiger charge is 2.24. The van der Waals surface area contributed by atoms with E-state index < -0.39 is 0 Å². The van der Waals surface area contributed by atoms with Crippen LogP contribution in [0.2, 0.25) is 0 Å². The molecule has 1 N–H and O–H groups in total. The van der Waals surface area contributed by atoms with E-state index in [9.17, 15) is 4.79 Å². The third-order valence-electron chi connectivity index (χ3n) is 3.67. The fourth-order valence-electron chi connectivity index (χ4n) is 2.47. The minimum Gasteiger partial charge on any atom is -0.459 e. The Balaban J connectivity index is 1.60. The highest BCUT2D eigenvalue weighted by atomic mass is 16.3. The van der Waals surface area contributed by atoms with Crippen LogP contribution in [0, 0.1) is 0 Å². The first-order valence-corrected chi connectivity index (χ1v) is 7.53. The van der Waals surface area contributed by atoms with E-state index in [1.807, 2.05) is 6.07 Å². The lowest BCUT2D eigenvalue weighted by atomic mass is 10.3. The van der Waals surface area contributed by atoms with E-state index in [2.05, 4.69) is 26.8 Å². The number of rotatable bonds is 5. The number of hydrogen-bond donors (Lipinski definition) is 1. The van der Waals surface area contributed by atoms with E-state index in [1.165, 1.54) is 6.26 Å². The lowest BCUT2D eigenvalue weighted by molar-refractivity contribution is 0.0714. The van der Waals surface area contributed by atoms with Crippen LogP contribution < -0.4 is 10.2 Å². The molecule has 7 nitrogen and oxygen atoms in total. The molecular formula is C16H19N5O2. The van der Waals surface area contributed by atoms with E-state index in [-0.39, 0.29) is 5.91 Å². The van der Waals surface area contributed by atoms with E-state index in [0.29, 0.717) is 31.3 Å². The normalized spacial score (nSPS) is 14.6. The summed E-state index contributed by atoms with van der Waals surface area (Å²) in [4.78, 5) is 24.9. The second kappa shape index (κ2) is 6.95. The molecule has 0 unspecified atom stereocenters. The van der Waals surface area contributed by atoms with Gasteiger partial charge in [0.05, 0.1) is 6.26 Å². The van der Waals surface area contributed by atoms with Gasteiger partial charge in [0, 0.05) is 38.9 Å². The average Bonchev–Trinajstić information content (AvgIpc) is 3.14. The predicted molar refractivity (Wildman–Crippen MR) is 87.5 cm³/mol. The predicted octanol–water partition coefficient (Wildman–Crippen LogP) is 1.63. The topological polar surface area (TPSA) is 74.5 Å². The Morgan fingerprint density at radius 2 is 2.17 bits per heavy atom. The second-order valence-electron chi connectivity index (χ2n) is 5.16. The number of carbonyl (C=O) groups is 1. The zero-order valence-electron chi connectivity index (χ0n) is 12.8. The molecule has 23 heavy (non-hydrogen) atoms. The number of piperazine rings is 1. The maximum atomic E-state index is 12.2.